The monoisotopic (exact) mass is 385 g/mol. The van der Waals surface area contributed by atoms with Gasteiger partial charge in [0.05, 0.1) is 17.2 Å². The van der Waals surface area contributed by atoms with Crippen LogP contribution in [0.25, 0.3) is 10.9 Å². The third-order valence-electron chi connectivity index (χ3n) is 4.70. The molecule has 0 unspecified atom stereocenters. The second-order valence-corrected chi connectivity index (χ2v) is 7.12. The molecule has 1 heterocycles. The number of benzene rings is 2. The van der Waals surface area contributed by atoms with E-state index >= 15 is 0 Å². The van der Waals surface area contributed by atoms with Crippen LogP contribution >= 0.6 is 11.6 Å². The Balaban J connectivity index is 1.60. The van der Waals surface area contributed by atoms with E-state index in [1.807, 2.05) is 0 Å². The summed E-state index contributed by atoms with van der Waals surface area (Å²) in [5.74, 6) is -0.568. The minimum Gasteiger partial charge on any atom is -0.334 e. The number of nitrogens with zero attached hydrogens (tertiary/aromatic N) is 3. The van der Waals surface area contributed by atoms with Crippen molar-refractivity contribution in [2.75, 3.05) is 0 Å². The van der Waals surface area contributed by atoms with Crippen molar-refractivity contribution in [2.45, 2.75) is 32.0 Å². The number of rotatable bonds is 5. The number of hydrogen-bond donors (Lipinski definition) is 0. The summed E-state index contributed by atoms with van der Waals surface area (Å²) in [7, 11) is 0. The zero-order valence-electron chi connectivity index (χ0n) is 14.4. The van der Waals surface area contributed by atoms with Gasteiger partial charge in [-0.1, -0.05) is 29.8 Å². The standard InChI is InChI=1S/C20H17ClFN3O2/c21-14-5-8-18-16(9-14)20(27)24(12-23-18)11-19(26)25(15-6-7-15)10-13-3-1-2-4-17(13)22/h1-5,8-9,12,15H,6-7,10-11H2. The molecule has 5 nitrogen and oxygen atoms in total. The van der Waals surface area contributed by atoms with Gasteiger partial charge < -0.3 is 4.90 Å². The highest BCUT2D eigenvalue weighted by molar-refractivity contribution is 6.31. The van der Waals surface area contributed by atoms with E-state index in [1.165, 1.54) is 17.0 Å². The molecule has 0 aliphatic heterocycles. The molecule has 27 heavy (non-hydrogen) atoms. The van der Waals surface area contributed by atoms with Crippen LogP contribution in [0, 0.1) is 5.82 Å². The summed E-state index contributed by atoms with van der Waals surface area (Å²) in [5.41, 5.74) is 0.671. The highest BCUT2D eigenvalue weighted by Gasteiger charge is 2.33. The fourth-order valence-electron chi connectivity index (χ4n) is 3.10. The van der Waals surface area contributed by atoms with Gasteiger partial charge in [0.2, 0.25) is 5.91 Å². The Morgan fingerprint density at radius 2 is 2.04 bits per heavy atom. The molecule has 7 heteroatoms. The van der Waals surface area contributed by atoms with E-state index in [2.05, 4.69) is 4.98 Å². The third-order valence-corrected chi connectivity index (χ3v) is 4.93. The smallest absolute Gasteiger partial charge is 0.261 e. The zero-order valence-corrected chi connectivity index (χ0v) is 15.2. The molecule has 1 aromatic heterocycles. The second-order valence-electron chi connectivity index (χ2n) is 6.68. The maximum atomic E-state index is 14.0. The van der Waals surface area contributed by atoms with Crippen molar-refractivity contribution < 1.29 is 9.18 Å². The Hall–Kier alpha value is -2.73. The van der Waals surface area contributed by atoms with Crippen molar-refractivity contribution in [3.63, 3.8) is 0 Å². The maximum Gasteiger partial charge on any atom is 0.261 e. The van der Waals surface area contributed by atoms with Gasteiger partial charge in [0.25, 0.3) is 5.56 Å². The molecule has 0 bridgehead atoms. The lowest BCUT2D eigenvalue weighted by molar-refractivity contribution is -0.133. The number of hydrogen-bond acceptors (Lipinski definition) is 3. The van der Waals surface area contributed by atoms with Gasteiger partial charge in [-0.15, -0.1) is 0 Å². The fourth-order valence-corrected chi connectivity index (χ4v) is 3.27. The van der Waals surface area contributed by atoms with Gasteiger partial charge in [0, 0.05) is 23.2 Å². The predicted octanol–water partition coefficient (Wildman–Crippen LogP) is 3.38. The number of carbonyl (C=O) groups excluding carboxylic acids is 1. The van der Waals surface area contributed by atoms with Crippen LogP contribution in [0.4, 0.5) is 4.39 Å². The van der Waals surface area contributed by atoms with Gasteiger partial charge in [-0.05, 0) is 37.1 Å². The Labute approximate surface area is 160 Å². The van der Waals surface area contributed by atoms with Crippen molar-refractivity contribution in [2.24, 2.45) is 0 Å². The summed E-state index contributed by atoms with van der Waals surface area (Å²) in [6.07, 6.45) is 3.14. The molecule has 0 atom stereocenters. The lowest BCUT2D eigenvalue weighted by Gasteiger charge is -2.23. The molecule has 1 aliphatic rings. The van der Waals surface area contributed by atoms with E-state index in [0.717, 1.165) is 12.8 Å². The summed E-state index contributed by atoms with van der Waals surface area (Å²) in [6.45, 7) is 0.0526. The molecule has 0 spiro atoms. The molecule has 0 N–H and O–H groups in total. The van der Waals surface area contributed by atoms with Crippen LogP contribution in [0.15, 0.2) is 53.6 Å². The highest BCUT2D eigenvalue weighted by atomic mass is 35.5. The van der Waals surface area contributed by atoms with Gasteiger partial charge in [0.15, 0.2) is 0 Å². The van der Waals surface area contributed by atoms with Gasteiger partial charge >= 0.3 is 0 Å². The van der Waals surface area contributed by atoms with Crippen molar-refractivity contribution in [1.29, 1.82) is 0 Å². The van der Waals surface area contributed by atoms with E-state index in [9.17, 15) is 14.0 Å². The molecule has 0 radical (unpaired) electrons. The van der Waals surface area contributed by atoms with E-state index in [-0.39, 0.29) is 36.4 Å². The molecule has 3 aromatic rings. The summed E-state index contributed by atoms with van der Waals surface area (Å²) in [6, 6.07) is 11.4. The molecule has 0 saturated heterocycles. The van der Waals surface area contributed by atoms with Crippen molar-refractivity contribution in [3.8, 4) is 0 Å². The predicted molar refractivity (Wildman–Crippen MR) is 101 cm³/mol. The Morgan fingerprint density at radius 3 is 2.78 bits per heavy atom. The number of halogens is 2. The minimum absolute atomic E-state index is 0.0932. The summed E-state index contributed by atoms with van der Waals surface area (Å²) in [5, 5.41) is 0.800. The average Bonchev–Trinajstić information content (AvgIpc) is 3.48. The fraction of sp³-hybridized carbons (Fsp3) is 0.250. The molecular weight excluding hydrogens is 369 g/mol. The van der Waals surface area contributed by atoms with E-state index < -0.39 is 0 Å². The molecule has 138 valence electrons. The first-order valence-electron chi connectivity index (χ1n) is 8.70. The molecule has 4 rings (SSSR count). The third kappa shape index (κ3) is 3.71. The molecule has 1 saturated carbocycles. The largest absolute Gasteiger partial charge is 0.334 e. The van der Waals surface area contributed by atoms with Crippen LogP contribution < -0.4 is 5.56 Å². The van der Waals surface area contributed by atoms with Crippen LogP contribution in [-0.2, 0) is 17.9 Å². The molecule has 1 amide bonds. The first kappa shape index (κ1) is 17.7. The van der Waals surface area contributed by atoms with Gasteiger partial charge in [-0.2, -0.15) is 0 Å². The number of fused-ring (bicyclic) bond motifs is 1. The van der Waals surface area contributed by atoms with Crippen LogP contribution in [0.2, 0.25) is 5.02 Å². The SMILES string of the molecule is O=C(Cn1cnc2ccc(Cl)cc2c1=O)N(Cc1ccccc1F)C1CC1. The topological polar surface area (TPSA) is 55.2 Å². The second kappa shape index (κ2) is 7.12. The van der Waals surface area contributed by atoms with Gasteiger partial charge in [0.1, 0.15) is 12.4 Å². The average molecular weight is 386 g/mol. The highest BCUT2D eigenvalue weighted by Crippen LogP contribution is 2.29. The Bertz CT molecular complexity index is 1080. The molecule has 1 fully saturated rings. The summed E-state index contributed by atoms with van der Waals surface area (Å²) in [4.78, 5) is 31.4. The van der Waals surface area contributed by atoms with Crippen molar-refractivity contribution in [3.05, 3.63) is 75.5 Å². The summed E-state index contributed by atoms with van der Waals surface area (Å²) < 4.78 is 15.3. The quantitative estimate of drug-likeness (QED) is 0.676. The first-order chi connectivity index (χ1) is 13.0. The number of aromatic nitrogens is 2. The summed E-state index contributed by atoms with van der Waals surface area (Å²) >= 11 is 5.97. The van der Waals surface area contributed by atoms with Crippen LogP contribution in [0.1, 0.15) is 18.4 Å². The minimum atomic E-state index is -0.338. The van der Waals surface area contributed by atoms with Crippen LogP contribution in [0.5, 0.6) is 0 Å². The lowest BCUT2D eigenvalue weighted by Crippen LogP contribution is -2.37. The molecule has 1 aliphatic carbocycles. The number of carbonyl (C=O) groups is 1. The van der Waals surface area contributed by atoms with Gasteiger partial charge in [-0.3, -0.25) is 14.2 Å². The van der Waals surface area contributed by atoms with E-state index in [1.54, 1.807) is 41.3 Å². The Morgan fingerprint density at radius 1 is 1.26 bits per heavy atom. The number of amides is 1. The lowest BCUT2D eigenvalue weighted by atomic mass is 10.2. The van der Waals surface area contributed by atoms with Crippen LogP contribution in [0.3, 0.4) is 0 Å². The van der Waals surface area contributed by atoms with E-state index in [0.29, 0.717) is 21.5 Å². The van der Waals surface area contributed by atoms with Gasteiger partial charge in [-0.25, -0.2) is 9.37 Å². The van der Waals surface area contributed by atoms with E-state index in [4.69, 9.17) is 11.6 Å². The van der Waals surface area contributed by atoms with Crippen molar-refractivity contribution >= 4 is 28.4 Å². The van der Waals surface area contributed by atoms with Crippen LogP contribution in [-0.4, -0.2) is 26.4 Å². The normalized spacial score (nSPS) is 13.7. The maximum absolute atomic E-state index is 14.0. The zero-order chi connectivity index (χ0) is 19.0. The first-order valence-corrected chi connectivity index (χ1v) is 9.08. The molecule has 2 aromatic carbocycles. The van der Waals surface area contributed by atoms with Crippen molar-refractivity contribution in [1.82, 2.24) is 14.5 Å². The Kier molecular flexibility index (Phi) is 4.66. The molecular formula is C20H17ClFN3O2.